The van der Waals surface area contributed by atoms with Crippen molar-refractivity contribution >= 4 is 0 Å². The largest absolute Gasteiger partial charge is 0.0879 e. The van der Waals surface area contributed by atoms with Crippen molar-refractivity contribution in [2.24, 2.45) is 29.6 Å². The van der Waals surface area contributed by atoms with E-state index in [4.69, 9.17) is 0 Å². The minimum atomic E-state index is 0.917. The molecule has 5 unspecified atom stereocenters. The van der Waals surface area contributed by atoms with Gasteiger partial charge < -0.3 is 0 Å². The summed E-state index contributed by atoms with van der Waals surface area (Å²) in [6, 6.07) is 0. The molecule has 0 radical (unpaired) electrons. The van der Waals surface area contributed by atoms with E-state index in [2.05, 4.69) is 32.9 Å². The summed E-state index contributed by atoms with van der Waals surface area (Å²) in [5, 5.41) is 0. The molecule has 0 aromatic heterocycles. The molecule has 2 rings (SSSR count). The van der Waals surface area contributed by atoms with Gasteiger partial charge in [-0.25, -0.2) is 0 Å². The van der Waals surface area contributed by atoms with Gasteiger partial charge in [-0.1, -0.05) is 39.3 Å². The second kappa shape index (κ2) is 4.08. The first-order valence-corrected chi connectivity index (χ1v) is 6.39. The molecule has 0 bridgehead atoms. The van der Waals surface area contributed by atoms with Gasteiger partial charge >= 0.3 is 0 Å². The van der Waals surface area contributed by atoms with Gasteiger partial charge in [0.15, 0.2) is 0 Å². The quantitative estimate of drug-likeness (QED) is 0.583. The average molecular weight is 192 g/mol. The van der Waals surface area contributed by atoms with Crippen LogP contribution in [0.2, 0.25) is 0 Å². The van der Waals surface area contributed by atoms with E-state index in [9.17, 15) is 0 Å². The summed E-state index contributed by atoms with van der Waals surface area (Å²) in [6.45, 7) is 7.17. The molecule has 2 aliphatic rings. The Labute approximate surface area is 88.8 Å². The van der Waals surface area contributed by atoms with Gasteiger partial charge in [0.05, 0.1) is 0 Å². The van der Waals surface area contributed by atoms with E-state index in [1.165, 1.54) is 25.7 Å². The summed E-state index contributed by atoms with van der Waals surface area (Å²) in [6.07, 6.45) is 10.6. The lowest BCUT2D eigenvalue weighted by Crippen LogP contribution is -2.17. The van der Waals surface area contributed by atoms with Crippen LogP contribution in [-0.2, 0) is 0 Å². The van der Waals surface area contributed by atoms with Crippen LogP contribution in [0.15, 0.2) is 12.2 Å². The summed E-state index contributed by atoms with van der Waals surface area (Å²) >= 11 is 0. The molecule has 80 valence electrons. The monoisotopic (exact) mass is 192 g/mol. The minimum absolute atomic E-state index is 0.917. The summed E-state index contributed by atoms with van der Waals surface area (Å²) in [5.41, 5.74) is 0. The van der Waals surface area contributed by atoms with E-state index in [0.29, 0.717) is 0 Å². The fraction of sp³-hybridized carbons (Fsp3) is 0.857. The lowest BCUT2D eigenvalue weighted by molar-refractivity contribution is 0.270. The Morgan fingerprint density at radius 1 is 1.43 bits per heavy atom. The Balaban J connectivity index is 1.86. The van der Waals surface area contributed by atoms with Gasteiger partial charge in [-0.15, -0.1) is 0 Å². The van der Waals surface area contributed by atoms with Gasteiger partial charge in [-0.2, -0.15) is 0 Å². The first-order chi connectivity index (χ1) is 6.72. The van der Waals surface area contributed by atoms with Crippen molar-refractivity contribution in [3.05, 3.63) is 12.2 Å². The molecule has 2 aliphatic carbocycles. The molecular formula is C14H24. The second-order valence-electron chi connectivity index (χ2n) is 5.59. The average Bonchev–Trinajstić information content (AvgIpc) is 2.67. The van der Waals surface area contributed by atoms with Gasteiger partial charge in [0.25, 0.3) is 0 Å². The molecule has 1 saturated carbocycles. The predicted molar refractivity (Wildman–Crippen MR) is 62.1 cm³/mol. The maximum Gasteiger partial charge on any atom is -0.0197 e. The Bertz CT molecular complexity index is 216. The zero-order chi connectivity index (χ0) is 10.1. The molecular weight excluding hydrogens is 168 g/mol. The van der Waals surface area contributed by atoms with Crippen molar-refractivity contribution in [3.8, 4) is 0 Å². The van der Waals surface area contributed by atoms with Crippen molar-refractivity contribution in [2.75, 3.05) is 0 Å². The molecule has 0 aromatic carbocycles. The van der Waals surface area contributed by atoms with E-state index >= 15 is 0 Å². The van der Waals surface area contributed by atoms with Crippen LogP contribution in [0, 0.1) is 29.6 Å². The number of allylic oxidation sites excluding steroid dienone is 2. The third-order valence-corrected chi connectivity index (χ3v) is 4.57. The van der Waals surface area contributed by atoms with Crippen LogP contribution in [-0.4, -0.2) is 0 Å². The predicted octanol–water partition coefficient (Wildman–Crippen LogP) is 4.27. The van der Waals surface area contributed by atoms with Crippen LogP contribution in [0.3, 0.4) is 0 Å². The molecule has 1 fully saturated rings. The third kappa shape index (κ3) is 2.04. The molecule has 14 heavy (non-hydrogen) atoms. The molecule has 0 nitrogen and oxygen atoms in total. The van der Waals surface area contributed by atoms with Gasteiger partial charge in [0.1, 0.15) is 0 Å². The summed E-state index contributed by atoms with van der Waals surface area (Å²) in [7, 11) is 0. The maximum atomic E-state index is 2.50. The molecule has 0 saturated heterocycles. The van der Waals surface area contributed by atoms with Crippen molar-refractivity contribution in [3.63, 3.8) is 0 Å². The van der Waals surface area contributed by atoms with Crippen LogP contribution < -0.4 is 0 Å². The second-order valence-corrected chi connectivity index (χ2v) is 5.59. The van der Waals surface area contributed by atoms with E-state index in [-0.39, 0.29) is 0 Å². The fourth-order valence-electron chi connectivity index (χ4n) is 3.02. The maximum absolute atomic E-state index is 2.50. The van der Waals surface area contributed by atoms with Crippen molar-refractivity contribution < 1.29 is 0 Å². The van der Waals surface area contributed by atoms with Gasteiger partial charge in [-0.3, -0.25) is 0 Å². The molecule has 0 heteroatoms. The van der Waals surface area contributed by atoms with E-state index in [1.807, 2.05) is 0 Å². The standard InChI is InChI=1S/C14H24/c1-4-10(2)14-7-5-6-12(14)9-13-8-11(13)3/h5-6,10-14H,4,7-9H2,1-3H3. The Hall–Kier alpha value is -0.260. The Kier molecular flexibility index (Phi) is 2.99. The molecule has 0 spiro atoms. The number of rotatable bonds is 4. The van der Waals surface area contributed by atoms with Crippen LogP contribution >= 0.6 is 0 Å². The normalized spacial score (nSPS) is 42.8. The highest BCUT2D eigenvalue weighted by atomic mass is 14.4. The first kappa shape index (κ1) is 10.3. The van der Waals surface area contributed by atoms with Crippen molar-refractivity contribution in [1.82, 2.24) is 0 Å². The smallest absolute Gasteiger partial charge is 0.0197 e. The molecule has 0 amide bonds. The topological polar surface area (TPSA) is 0 Å². The van der Waals surface area contributed by atoms with Gasteiger partial charge in [-0.05, 0) is 48.9 Å². The summed E-state index contributed by atoms with van der Waals surface area (Å²) < 4.78 is 0. The molecule has 5 atom stereocenters. The Morgan fingerprint density at radius 2 is 2.14 bits per heavy atom. The minimum Gasteiger partial charge on any atom is -0.0879 e. The molecule has 0 aromatic rings. The zero-order valence-electron chi connectivity index (χ0n) is 9.87. The lowest BCUT2D eigenvalue weighted by Gasteiger charge is -2.25. The van der Waals surface area contributed by atoms with Crippen LogP contribution in [0.25, 0.3) is 0 Å². The van der Waals surface area contributed by atoms with Crippen molar-refractivity contribution in [2.45, 2.75) is 46.5 Å². The third-order valence-electron chi connectivity index (χ3n) is 4.57. The first-order valence-electron chi connectivity index (χ1n) is 6.39. The molecule has 0 N–H and O–H groups in total. The number of hydrogen-bond acceptors (Lipinski definition) is 0. The molecule has 0 heterocycles. The highest BCUT2D eigenvalue weighted by Crippen LogP contribution is 2.47. The Morgan fingerprint density at radius 3 is 2.71 bits per heavy atom. The number of hydrogen-bond donors (Lipinski definition) is 0. The zero-order valence-corrected chi connectivity index (χ0v) is 9.87. The van der Waals surface area contributed by atoms with E-state index < -0.39 is 0 Å². The lowest BCUT2D eigenvalue weighted by atomic mass is 9.80. The van der Waals surface area contributed by atoms with Crippen LogP contribution in [0.5, 0.6) is 0 Å². The van der Waals surface area contributed by atoms with Gasteiger partial charge in [0.2, 0.25) is 0 Å². The van der Waals surface area contributed by atoms with Crippen molar-refractivity contribution in [1.29, 1.82) is 0 Å². The van der Waals surface area contributed by atoms with E-state index in [0.717, 1.165) is 29.6 Å². The highest BCUT2D eigenvalue weighted by Gasteiger charge is 2.37. The van der Waals surface area contributed by atoms with Crippen LogP contribution in [0.4, 0.5) is 0 Å². The van der Waals surface area contributed by atoms with Gasteiger partial charge in [0, 0.05) is 0 Å². The molecule has 0 aliphatic heterocycles. The fourth-order valence-corrected chi connectivity index (χ4v) is 3.02. The van der Waals surface area contributed by atoms with E-state index in [1.54, 1.807) is 0 Å². The summed E-state index contributed by atoms with van der Waals surface area (Å²) in [5.74, 6) is 4.90. The SMILES string of the molecule is CCC(C)C1CC=CC1CC1CC1C. The van der Waals surface area contributed by atoms with Crippen LogP contribution in [0.1, 0.15) is 46.5 Å². The highest BCUT2D eigenvalue weighted by molar-refractivity contribution is 5.04. The summed E-state index contributed by atoms with van der Waals surface area (Å²) in [4.78, 5) is 0.